The topological polar surface area (TPSA) is 82.0 Å². The van der Waals surface area contributed by atoms with E-state index in [4.69, 9.17) is 16.9 Å². The Morgan fingerprint density at radius 1 is 0.857 bits per heavy atom. The first kappa shape index (κ1) is 19.2. The van der Waals surface area contributed by atoms with Crippen LogP contribution in [-0.2, 0) is 0 Å². The molecule has 3 rings (SSSR count). The van der Waals surface area contributed by atoms with Gasteiger partial charge >= 0.3 is 0 Å². The fraction of sp³-hybridized carbons (Fsp3) is 0.0455. The highest BCUT2D eigenvalue weighted by molar-refractivity contribution is 6.31. The maximum atomic E-state index is 12.4. The molecule has 0 spiro atoms. The summed E-state index contributed by atoms with van der Waals surface area (Å²) in [4.78, 5) is 24.7. The second kappa shape index (κ2) is 8.38. The third-order valence-corrected chi connectivity index (χ3v) is 4.50. The summed E-state index contributed by atoms with van der Waals surface area (Å²) in [6.07, 6.45) is 0. The first-order valence-electron chi connectivity index (χ1n) is 8.45. The SMILES string of the molecule is Cc1ccc(NC(=O)c2ccc(C(=O)Nc3cccc(C#N)c3)cc2)cc1Cl. The highest BCUT2D eigenvalue weighted by atomic mass is 35.5. The number of nitrogens with zero attached hydrogens (tertiary/aromatic N) is 1. The van der Waals surface area contributed by atoms with Gasteiger partial charge in [-0.2, -0.15) is 5.26 Å². The van der Waals surface area contributed by atoms with E-state index in [1.807, 2.05) is 19.1 Å². The zero-order valence-corrected chi connectivity index (χ0v) is 15.7. The molecule has 0 heterocycles. The molecular weight excluding hydrogens is 374 g/mol. The van der Waals surface area contributed by atoms with Gasteiger partial charge in [0.1, 0.15) is 0 Å². The summed E-state index contributed by atoms with van der Waals surface area (Å²) < 4.78 is 0. The number of carbonyl (C=O) groups is 2. The number of benzene rings is 3. The highest BCUT2D eigenvalue weighted by Crippen LogP contribution is 2.20. The first-order chi connectivity index (χ1) is 13.5. The Kier molecular flexibility index (Phi) is 5.73. The third-order valence-electron chi connectivity index (χ3n) is 4.09. The number of hydrogen-bond donors (Lipinski definition) is 2. The number of nitriles is 1. The minimum Gasteiger partial charge on any atom is -0.322 e. The van der Waals surface area contributed by atoms with Crippen LogP contribution in [0, 0.1) is 18.3 Å². The molecule has 138 valence electrons. The molecular formula is C22H16ClN3O2. The van der Waals surface area contributed by atoms with Crippen LogP contribution in [0.1, 0.15) is 31.8 Å². The van der Waals surface area contributed by atoms with E-state index >= 15 is 0 Å². The zero-order chi connectivity index (χ0) is 20.1. The van der Waals surface area contributed by atoms with E-state index in [0.29, 0.717) is 33.1 Å². The number of hydrogen-bond acceptors (Lipinski definition) is 3. The van der Waals surface area contributed by atoms with E-state index in [-0.39, 0.29) is 11.8 Å². The molecule has 0 radical (unpaired) electrons. The van der Waals surface area contributed by atoms with Gasteiger partial charge in [0, 0.05) is 27.5 Å². The van der Waals surface area contributed by atoms with Gasteiger partial charge in [0.2, 0.25) is 0 Å². The molecule has 0 fully saturated rings. The molecule has 0 unspecified atom stereocenters. The minimum atomic E-state index is -0.327. The van der Waals surface area contributed by atoms with Crippen molar-refractivity contribution in [3.63, 3.8) is 0 Å². The molecule has 0 aliphatic carbocycles. The fourth-order valence-electron chi connectivity index (χ4n) is 2.52. The van der Waals surface area contributed by atoms with Crippen LogP contribution in [0.4, 0.5) is 11.4 Å². The van der Waals surface area contributed by atoms with Crippen LogP contribution in [0.25, 0.3) is 0 Å². The second-order valence-electron chi connectivity index (χ2n) is 6.14. The van der Waals surface area contributed by atoms with Crippen molar-refractivity contribution in [1.29, 1.82) is 5.26 Å². The van der Waals surface area contributed by atoms with Crippen LogP contribution < -0.4 is 10.6 Å². The molecule has 5 nitrogen and oxygen atoms in total. The Balaban J connectivity index is 1.68. The molecule has 0 atom stereocenters. The van der Waals surface area contributed by atoms with Gasteiger partial charge in [-0.3, -0.25) is 9.59 Å². The summed E-state index contributed by atoms with van der Waals surface area (Å²) in [5, 5.41) is 15.0. The molecule has 3 aromatic rings. The Bertz CT molecular complexity index is 1090. The molecule has 0 saturated heterocycles. The molecule has 3 aromatic carbocycles. The predicted octanol–water partition coefficient (Wildman–Crippen LogP) is 5.02. The molecule has 0 aliphatic rings. The van der Waals surface area contributed by atoms with E-state index < -0.39 is 0 Å². The first-order valence-corrected chi connectivity index (χ1v) is 8.83. The van der Waals surface area contributed by atoms with Crippen LogP contribution in [0.3, 0.4) is 0 Å². The molecule has 28 heavy (non-hydrogen) atoms. The van der Waals surface area contributed by atoms with Crippen molar-refractivity contribution in [3.05, 3.63) is 94.0 Å². The normalized spacial score (nSPS) is 10.0. The monoisotopic (exact) mass is 389 g/mol. The van der Waals surface area contributed by atoms with Gasteiger partial charge in [0.15, 0.2) is 0 Å². The third kappa shape index (κ3) is 4.56. The summed E-state index contributed by atoms with van der Waals surface area (Å²) in [5.74, 6) is -0.624. The predicted molar refractivity (Wildman–Crippen MR) is 110 cm³/mol. The Morgan fingerprint density at radius 2 is 1.43 bits per heavy atom. The van der Waals surface area contributed by atoms with Crippen LogP contribution in [0.2, 0.25) is 5.02 Å². The lowest BCUT2D eigenvalue weighted by Gasteiger charge is -2.08. The van der Waals surface area contributed by atoms with Crippen LogP contribution in [0.15, 0.2) is 66.7 Å². The van der Waals surface area contributed by atoms with Gasteiger partial charge in [0.25, 0.3) is 11.8 Å². The summed E-state index contributed by atoms with van der Waals surface area (Å²) in [6.45, 7) is 1.88. The number of amides is 2. The van der Waals surface area contributed by atoms with E-state index in [9.17, 15) is 9.59 Å². The number of nitrogens with one attached hydrogen (secondary N) is 2. The van der Waals surface area contributed by atoms with Crippen LogP contribution in [0.5, 0.6) is 0 Å². The van der Waals surface area contributed by atoms with Crippen LogP contribution >= 0.6 is 11.6 Å². The standard InChI is InChI=1S/C22H16ClN3O2/c1-14-5-10-19(12-20(14)23)26-22(28)17-8-6-16(7-9-17)21(27)25-18-4-2-3-15(11-18)13-24/h2-12H,1H3,(H,25,27)(H,26,28). The summed E-state index contributed by atoms with van der Waals surface area (Å²) in [5.41, 5.74) is 3.33. The van der Waals surface area contributed by atoms with Crippen molar-refractivity contribution in [3.8, 4) is 6.07 Å². The molecule has 6 heteroatoms. The van der Waals surface area contributed by atoms with Gasteiger partial charge in [-0.25, -0.2) is 0 Å². The molecule has 2 N–H and O–H groups in total. The average Bonchev–Trinajstić information content (AvgIpc) is 2.71. The van der Waals surface area contributed by atoms with Gasteiger partial charge in [-0.05, 0) is 67.1 Å². The quantitative estimate of drug-likeness (QED) is 0.656. The number of halogens is 1. The van der Waals surface area contributed by atoms with Crippen molar-refractivity contribution < 1.29 is 9.59 Å². The lowest BCUT2D eigenvalue weighted by molar-refractivity contribution is 0.101. The average molecular weight is 390 g/mol. The van der Waals surface area contributed by atoms with E-state index in [1.165, 1.54) is 0 Å². The number of aryl methyl sites for hydroxylation is 1. The largest absolute Gasteiger partial charge is 0.322 e. The highest BCUT2D eigenvalue weighted by Gasteiger charge is 2.10. The smallest absolute Gasteiger partial charge is 0.255 e. The van der Waals surface area contributed by atoms with Gasteiger partial charge in [-0.1, -0.05) is 23.7 Å². The van der Waals surface area contributed by atoms with E-state index in [0.717, 1.165) is 5.56 Å². The fourth-order valence-corrected chi connectivity index (χ4v) is 2.70. The Morgan fingerprint density at radius 3 is 1.96 bits per heavy atom. The van der Waals surface area contributed by atoms with Crippen molar-refractivity contribution in [2.75, 3.05) is 10.6 Å². The number of rotatable bonds is 4. The molecule has 0 bridgehead atoms. The van der Waals surface area contributed by atoms with Crippen molar-refractivity contribution in [2.24, 2.45) is 0 Å². The Hall–Kier alpha value is -3.62. The zero-order valence-electron chi connectivity index (χ0n) is 15.0. The Labute approximate surface area is 167 Å². The second-order valence-corrected chi connectivity index (χ2v) is 6.55. The lowest BCUT2D eigenvalue weighted by atomic mass is 10.1. The summed E-state index contributed by atoms with van der Waals surface area (Å²) >= 11 is 6.07. The summed E-state index contributed by atoms with van der Waals surface area (Å²) in [6, 6.07) is 20.2. The maximum Gasteiger partial charge on any atom is 0.255 e. The molecule has 0 saturated carbocycles. The summed E-state index contributed by atoms with van der Waals surface area (Å²) in [7, 11) is 0. The van der Waals surface area contributed by atoms with Gasteiger partial charge in [-0.15, -0.1) is 0 Å². The van der Waals surface area contributed by atoms with Gasteiger partial charge < -0.3 is 10.6 Å². The maximum absolute atomic E-state index is 12.4. The van der Waals surface area contributed by atoms with E-state index in [2.05, 4.69) is 10.6 Å². The minimum absolute atomic E-state index is 0.298. The lowest BCUT2D eigenvalue weighted by Crippen LogP contribution is -2.14. The molecule has 2 amide bonds. The van der Waals surface area contributed by atoms with Crippen molar-refractivity contribution >= 4 is 34.8 Å². The number of carbonyl (C=O) groups excluding carboxylic acids is 2. The van der Waals surface area contributed by atoms with Crippen molar-refractivity contribution in [1.82, 2.24) is 0 Å². The van der Waals surface area contributed by atoms with E-state index in [1.54, 1.807) is 60.7 Å². The number of anilines is 2. The van der Waals surface area contributed by atoms with Crippen LogP contribution in [-0.4, -0.2) is 11.8 Å². The van der Waals surface area contributed by atoms with Crippen molar-refractivity contribution in [2.45, 2.75) is 6.92 Å². The van der Waals surface area contributed by atoms with Gasteiger partial charge in [0.05, 0.1) is 11.6 Å². The molecule has 0 aromatic heterocycles. The molecule has 0 aliphatic heterocycles.